The molecule has 0 atom stereocenters. The van der Waals surface area contributed by atoms with Crippen LogP contribution in [0, 0.1) is 0 Å². The number of benzene rings is 1. The number of nitrogens with zero attached hydrogens (tertiary/aromatic N) is 2. The zero-order valence-corrected chi connectivity index (χ0v) is 19.4. The maximum absolute atomic E-state index is 12.1. The molecule has 0 aliphatic carbocycles. The van der Waals surface area contributed by atoms with Crippen molar-refractivity contribution in [1.29, 1.82) is 0 Å². The molecule has 8 nitrogen and oxygen atoms in total. The lowest BCUT2D eigenvalue weighted by Crippen LogP contribution is -2.24. The predicted octanol–water partition coefficient (Wildman–Crippen LogP) is 3.42. The quantitative estimate of drug-likeness (QED) is 0.458. The molecule has 164 valence electrons. The number of hydrogen-bond donors (Lipinski definition) is 2. The molecule has 0 aliphatic rings. The van der Waals surface area contributed by atoms with Gasteiger partial charge < -0.3 is 10.6 Å². The zero-order chi connectivity index (χ0) is 22.4. The van der Waals surface area contributed by atoms with E-state index in [1.165, 1.54) is 34.0 Å². The van der Waals surface area contributed by atoms with Gasteiger partial charge in [0, 0.05) is 31.0 Å². The molecule has 2 aromatic heterocycles. The topological polar surface area (TPSA) is 108 Å². The van der Waals surface area contributed by atoms with E-state index in [9.17, 15) is 18.0 Å². The number of thiophene rings is 1. The number of thiazole rings is 1. The first-order valence-electron chi connectivity index (χ1n) is 9.35. The van der Waals surface area contributed by atoms with Crippen LogP contribution in [0.15, 0.2) is 47.2 Å². The molecule has 0 fully saturated rings. The van der Waals surface area contributed by atoms with E-state index in [2.05, 4.69) is 15.6 Å². The van der Waals surface area contributed by atoms with E-state index in [0.717, 1.165) is 11.8 Å². The van der Waals surface area contributed by atoms with Gasteiger partial charge >= 0.3 is 0 Å². The summed E-state index contributed by atoms with van der Waals surface area (Å²) >= 11 is 2.69. The number of sulfonamides is 1. The molecule has 0 radical (unpaired) electrons. The van der Waals surface area contributed by atoms with Crippen LogP contribution in [-0.4, -0.2) is 45.1 Å². The number of rotatable bonds is 9. The van der Waals surface area contributed by atoms with Gasteiger partial charge in [-0.3, -0.25) is 13.9 Å². The Balaban J connectivity index is 1.48. The number of hydrogen-bond acceptors (Lipinski definition) is 7. The summed E-state index contributed by atoms with van der Waals surface area (Å²) in [6, 6.07) is 10.6. The molecule has 2 amide bonds. The van der Waals surface area contributed by atoms with Gasteiger partial charge in [0.15, 0.2) is 5.13 Å². The molecule has 0 spiro atoms. The lowest BCUT2D eigenvalue weighted by atomic mass is 10.1. The normalized spacial score (nSPS) is 11.2. The first-order chi connectivity index (χ1) is 14.7. The number of nitrogens with one attached hydrogen (secondary N) is 2. The van der Waals surface area contributed by atoms with Gasteiger partial charge in [-0.1, -0.05) is 18.2 Å². The Morgan fingerprint density at radius 1 is 1.13 bits per heavy atom. The first-order valence-corrected chi connectivity index (χ1v) is 13.0. The van der Waals surface area contributed by atoms with Crippen molar-refractivity contribution in [2.45, 2.75) is 12.8 Å². The van der Waals surface area contributed by atoms with Gasteiger partial charge in [-0.2, -0.15) is 0 Å². The van der Waals surface area contributed by atoms with Crippen LogP contribution in [0.5, 0.6) is 0 Å². The lowest BCUT2D eigenvalue weighted by Gasteiger charge is -2.16. The molecule has 0 saturated carbocycles. The molecular formula is C20H22N4O4S3. The predicted molar refractivity (Wildman–Crippen MR) is 125 cm³/mol. The summed E-state index contributed by atoms with van der Waals surface area (Å²) in [5.74, 6) is -0.301. The number of aromatic nitrogens is 1. The maximum atomic E-state index is 12.1. The minimum atomic E-state index is -3.32. The minimum Gasteiger partial charge on any atom is -0.351 e. The smallest absolute Gasteiger partial charge is 0.261 e. The molecule has 3 aromatic rings. The number of carbonyl (C=O) groups is 2. The molecule has 2 heterocycles. The molecule has 0 bridgehead atoms. The summed E-state index contributed by atoms with van der Waals surface area (Å²) < 4.78 is 24.5. The van der Waals surface area contributed by atoms with Crippen molar-refractivity contribution in [1.82, 2.24) is 10.3 Å². The monoisotopic (exact) mass is 478 g/mol. The fourth-order valence-corrected chi connectivity index (χ4v) is 4.51. The van der Waals surface area contributed by atoms with Crippen molar-refractivity contribution < 1.29 is 18.0 Å². The van der Waals surface area contributed by atoms with Gasteiger partial charge in [-0.15, -0.1) is 22.7 Å². The van der Waals surface area contributed by atoms with Gasteiger partial charge in [-0.05, 0) is 30.0 Å². The van der Waals surface area contributed by atoms with Crippen molar-refractivity contribution >= 4 is 55.3 Å². The van der Waals surface area contributed by atoms with Crippen molar-refractivity contribution in [3.05, 3.63) is 52.0 Å². The minimum absolute atomic E-state index is 0.131. The Morgan fingerprint density at radius 2 is 1.87 bits per heavy atom. The van der Waals surface area contributed by atoms with Crippen LogP contribution < -0.4 is 14.9 Å². The summed E-state index contributed by atoms with van der Waals surface area (Å²) in [5, 5.41) is 9.71. The van der Waals surface area contributed by atoms with Crippen LogP contribution >= 0.6 is 22.7 Å². The second kappa shape index (κ2) is 10.0. The Labute approximate surface area is 189 Å². The molecule has 0 saturated heterocycles. The van der Waals surface area contributed by atoms with Gasteiger partial charge in [0.25, 0.3) is 5.91 Å². The average molecular weight is 479 g/mol. The van der Waals surface area contributed by atoms with E-state index < -0.39 is 10.0 Å². The molecule has 0 aliphatic heterocycles. The van der Waals surface area contributed by atoms with Gasteiger partial charge in [0.05, 0.1) is 22.5 Å². The largest absolute Gasteiger partial charge is 0.351 e. The molecule has 3 rings (SSSR count). The van der Waals surface area contributed by atoms with Crippen molar-refractivity contribution in [2.24, 2.45) is 0 Å². The van der Waals surface area contributed by atoms with E-state index in [-0.39, 0.29) is 18.2 Å². The maximum Gasteiger partial charge on any atom is 0.261 e. The zero-order valence-electron chi connectivity index (χ0n) is 17.0. The standard InChI is InChI=1S/C20H22N4O4S3/c1-24(31(2,27)28)15-9-7-14(8-10-15)16-13-30-20(22-16)23-18(25)6-3-11-21-19(26)17-5-4-12-29-17/h4-5,7-10,12-13H,3,6,11H2,1-2H3,(H,21,26)(H,22,23,25). The van der Waals surface area contributed by atoms with Gasteiger partial charge in [0.2, 0.25) is 15.9 Å². The highest BCUT2D eigenvalue weighted by Gasteiger charge is 2.13. The molecule has 0 unspecified atom stereocenters. The Hall–Kier alpha value is -2.76. The second-order valence-corrected chi connectivity index (χ2v) is 10.5. The summed E-state index contributed by atoms with van der Waals surface area (Å²) in [6.07, 6.45) is 1.94. The van der Waals surface area contributed by atoms with Gasteiger partial charge in [0.1, 0.15) is 0 Å². The van der Waals surface area contributed by atoms with E-state index >= 15 is 0 Å². The highest BCUT2D eigenvalue weighted by atomic mass is 32.2. The van der Waals surface area contributed by atoms with Crippen LogP contribution in [-0.2, 0) is 14.8 Å². The highest BCUT2D eigenvalue weighted by molar-refractivity contribution is 7.92. The summed E-state index contributed by atoms with van der Waals surface area (Å²) in [7, 11) is -1.82. The summed E-state index contributed by atoms with van der Waals surface area (Å²) in [4.78, 5) is 29.0. The third-order valence-corrected chi connectivity index (χ3v) is 7.22. The first kappa shape index (κ1) is 22.9. The van der Waals surface area contributed by atoms with E-state index in [0.29, 0.717) is 34.4 Å². The van der Waals surface area contributed by atoms with Crippen LogP contribution in [0.1, 0.15) is 22.5 Å². The average Bonchev–Trinajstić information content (AvgIpc) is 3.42. The molecule has 2 N–H and O–H groups in total. The number of amides is 2. The van der Waals surface area contributed by atoms with Crippen molar-refractivity contribution in [3.63, 3.8) is 0 Å². The molecule has 11 heteroatoms. The molecular weight excluding hydrogens is 456 g/mol. The van der Waals surface area contributed by atoms with Gasteiger partial charge in [-0.25, -0.2) is 13.4 Å². The third kappa shape index (κ3) is 6.36. The second-order valence-electron chi connectivity index (χ2n) is 6.70. The Bertz CT molecular complexity index is 1140. The van der Waals surface area contributed by atoms with Crippen LogP contribution in [0.2, 0.25) is 0 Å². The van der Waals surface area contributed by atoms with Crippen LogP contribution in [0.3, 0.4) is 0 Å². The Morgan fingerprint density at radius 3 is 2.52 bits per heavy atom. The molecule has 1 aromatic carbocycles. The number of anilines is 2. The fraction of sp³-hybridized carbons (Fsp3) is 0.250. The summed E-state index contributed by atoms with van der Waals surface area (Å²) in [6.45, 7) is 0.418. The summed E-state index contributed by atoms with van der Waals surface area (Å²) in [5.41, 5.74) is 2.07. The Kier molecular flexibility index (Phi) is 7.42. The van der Waals surface area contributed by atoms with E-state index in [1.54, 1.807) is 30.3 Å². The fourth-order valence-electron chi connectivity index (χ4n) is 2.62. The SMILES string of the molecule is CN(c1ccc(-c2csc(NC(=O)CCCNC(=O)c3cccs3)n2)cc1)S(C)(=O)=O. The molecule has 31 heavy (non-hydrogen) atoms. The van der Waals surface area contributed by atoms with E-state index in [1.807, 2.05) is 16.8 Å². The highest BCUT2D eigenvalue weighted by Crippen LogP contribution is 2.27. The van der Waals surface area contributed by atoms with Crippen molar-refractivity contribution in [2.75, 3.05) is 29.5 Å². The van der Waals surface area contributed by atoms with Crippen molar-refractivity contribution in [3.8, 4) is 11.3 Å². The number of carbonyl (C=O) groups excluding carboxylic acids is 2. The third-order valence-electron chi connectivity index (χ3n) is 4.39. The van der Waals surface area contributed by atoms with E-state index in [4.69, 9.17) is 0 Å². The van der Waals surface area contributed by atoms with Crippen LogP contribution in [0.4, 0.5) is 10.8 Å². The van der Waals surface area contributed by atoms with Crippen LogP contribution in [0.25, 0.3) is 11.3 Å². The lowest BCUT2D eigenvalue weighted by molar-refractivity contribution is -0.116.